The quantitative estimate of drug-likeness (QED) is 0.672. The molecule has 0 spiro atoms. The van der Waals surface area contributed by atoms with Gasteiger partial charge in [-0.25, -0.2) is 4.98 Å². The van der Waals surface area contributed by atoms with Crippen molar-refractivity contribution in [1.29, 1.82) is 0 Å². The van der Waals surface area contributed by atoms with Crippen LogP contribution in [-0.2, 0) is 13.1 Å². The molecule has 1 aliphatic heterocycles. The molecule has 0 radical (unpaired) electrons. The molecule has 0 bridgehead atoms. The van der Waals surface area contributed by atoms with E-state index >= 15 is 0 Å². The Morgan fingerprint density at radius 3 is 2.86 bits per heavy atom. The van der Waals surface area contributed by atoms with Gasteiger partial charge >= 0.3 is 0 Å². The third-order valence-electron chi connectivity index (χ3n) is 4.63. The molecule has 0 fully saturated rings. The Labute approximate surface area is 166 Å². The molecular weight excluding hydrogens is 374 g/mol. The Balaban J connectivity index is 1.52. The summed E-state index contributed by atoms with van der Waals surface area (Å²) in [6, 6.07) is 12.7. The van der Waals surface area contributed by atoms with Crippen molar-refractivity contribution in [3.63, 3.8) is 0 Å². The molecule has 1 aliphatic rings. The second-order valence-corrected chi connectivity index (χ2v) is 7.61. The summed E-state index contributed by atoms with van der Waals surface area (Å²) in [6.07, 6.45) is 0.969. The van der Waals surface area contributed by atoms with Crippen LogP contribution in [0.25, 0.3) is 10.9 Å². The van der Waals surface area contributed by atoms with E-state index in [1.165, 1.54) is 0 Å². The molecule has 0 saturated heterocycles. The largest absolute Gasteiger partial charge is 0.494 e. The Hall–Kier alpha value is -2.80. The average molecular weight is 395 g/mol. The number of amides is 1. The van der Waals surface area contributed by atoms with E-state index < -0.39 is 0 Å². The van der Waals surface area contributed by atoms with Crippen LogP contribution >= 0.6 is 11.8 Å². The molecule has 3 aromatic rings. The summed E-state index contributed by atoms with van der Waals surface area (Å²) in [5, 5.41) is 4.19. The first-order chi connectivity index (χ1) is 13.7. The second-order valence-electron chi connectivity index (χ2n) is 6.54. The third-order valence-corrected chi connectivity index (χ3v) is 5.69. The molecule has 144 valence electrons. The topological polar surface area (TPSA) is 73.2 Å². The van der Waals surface area contributed by atoms with E-state index in [1.54, 1.807) is 34.5 Å². The van der Waals surface area contributed by atoms with Gasteiger partial charge in [-0.3, -0.25) is 14.2 Å². The predicted molar refractivity (Wildman–Crippen MR) is 110 cm³/mol. The Morgan fingerprint density at radius 2 is 2.07 bits per heavy atom. The number of ether oxygens (including phenoxy) is 1. The van der Waals surface area contributed by atoms with Gasteiger partial charge in [0.2, 0.25) is 0 Å². The van der Waals surface area contributed by atoms with E-state index in [1.807, 2.05) is 31.2 Å². The minimum Gasteiger partial charge on any atom is -0.494 e. The van der Waals surface area contributed by atoms with E-state index in [4.69, 9.17) is 4.74 Å². The molecule has 6 nitrogen and oxygen atoms in total. The number of carbonyl (C=O) groups excluding carboxylic acids is 1. The first-order valence-corrected chi connectivity index (χ1v) is 10.3. The van der Waals surface area contributed by atoms with Crippen LogP contribution in [0.15, 0.2) is 52.4 Å². The molecule has 4 rings (SSSR count). The van der Waals surface area contributed by atoms with Crippen molar-refractivity contribution < 1.29 is 9.53 Å². The minimum absolute atomic E-state index is 0.0338. The molecule has 2 heterocycles. The van der Waals surface area contributed by atoms with Crippen LogP contribution < -0.4 is 15.6 Å². The van der Waals surface area contributed by atoms with Gasteiger partial charge in [-0.15, -0.1) is 0 Å². The molecule has 0 aliphatic carbocycles. The van der Waals surface area contributed by atoms with Crippen LogP contribution in [0, 0.1) is 0 Å². The summed E-state index contributed by atoms with van der Waals surface area (Å²) in [6.45, 7) is 3.68. The number of hydrogen-bond donors (Lipinski definition) is 1. The Kier molecular flexibility index (Phi) is 5.34. The molecule has 28 heavy (non-hydrogen) atoms. The SMILES string of the molecule is CCOc1ccc(CNC(=O)c2ccc3c(=O)n4c(nc3c2)SCCC4)cc1. The second kappa shape index (κ2) is 8.06. The number of nitrogens with one attached hydrogen (secondary N) is 1. The zero-order valence-corrected chi connectivity index (χ0v) is 16.4. The summed E-state index contributed by atoms with van der Waals surface area (Å²) in [4.78, 5) is 29.8. The fourth-order valence-corrected chi connectivity index (χ4v) is 4.14. The monoisotopic (exact) mass is 395 g/mol. The number of rotatable bonds is 5. The molecule has 2 aromatic carbocycles. The number of nitrogens with zero attached hydrogens (tertiary/aromatic N) is 2. The van der Waals surface area contributed by atoms with E-state index in [2.05, 4.69) is 10.3 Å². The van der Waals surface area contributed by atoms with Crippen LogP contribution in [0.4, 0.5) is 0 Å². The van der Waals surface area contributed by atoms with Gasteiger partial charge in [-0.05, 0) is 49.2 Å². The van der Waals surface area contributed by atoms with Crippen LogP contribution in [0.3, 0.4) is 0 Å². The normalized spacial score (nSPS) is 13.2. The molecule has 0 unspecified atom stereocenters. The summed E-state index contributed by atoms with van der Waals surface area (Å²) in [5.74, 6) is 1.58. The lowest BCUT2D eigenvalue weighted by atomic mass is 10.1. The van der Waals surface area contributed by atoms with Crippen LogP contribution in [0.5, 0.6) is 5.75 Å². The first-order valence-electron chi connectivity index (χ1n) is 9.33. The molecule has 1 amide bonds. The summed E-state index contributed by atoms with van der Waals surface area (Å²) in [7, 11) is 0. The summed E-state index contributed by atoms with van der Waals surface area (Å²) >= 11 is 1.59. The zero-order chi connectivity index (χ0) is 19.5. The van der Waals surface area contributed by atoms with Gasteiger partial charge in [0.05, 0.1) is 17.5 Å². The van der Waals surface area contributed by atoms with Gasteiger partial charge in [-0.1, -0.05) is 23.9 Å². The lowest BCUT2D eigenvalue weighted by molar-refractivity contribution is 0.0951. The highest BCUT2D eigenvalue weighted by atomic mass is 32.2. The summed E-state index contributed by atoms with van der Waals surface area (Å²) in [5.41, 5.74) is 2.02. The standard InChI is InChI=1S/C21H21N3O3S/c1-2-27-16-7-4-14(5-8-16)13-22-19(25)15-6-9-17-18(12-15)23-21-24(20(17)26)10-3-11-28-21/h4-9,12H,2-3,10-11,13H2,1H3,(H,22,25). The minimum atomic E-state index is -0.192. The van der Waals surface area contributed by atoms with Crippen LogP contribution in [-0.4, -0.2) is 27.8 Å². The fraction of sp³-hybridized carbons (Fsp3) is 0.286. The highest BCUT2D eigenvalue weighted by Crippen LogP contribution is 2.23. The smallest absolute Gasteiger partial charge is 0.262 e. The molecule has 7 heteroatoms. The Bertz CT molecular complexity index is 1080. The van der Waals surface area contributed by atoms with Crippen molar-refractivity contribution in [2.24, 2.45) is 0 Å². The van der Waals surface area contributed by atoms with Crippen molar-refractivity contribution >= 4 is 28.6 Å². The number of thioether (sulfide) groups is 1. The lowest BCUT2D eigenvalue weighted by Crippen LogP contribution is -2.27. The van der Waals surface area contributed by atoms with Gasteiger partial charge in [-0.2, -0.15) is 0 Å². The van der Waals surface area contributed by atoms with E-state index in [0.717, 1.165) is 28.6 Å². The van der Waals surface area contributed by atoms with Crippen molar-refractivity contribution in [3.8, 4) is 5.75 Å². The molecule has 0 saturated carbocycles. The zero-order valence-electron chi connectivity index (χ0n) is 15.6. The van der Waals surface area contributed by atoms with Gasteiger partial charge in [0.15, 0.2) is 5.16 Å². The number of carbonyl (C=O) groups is 1. The van der Waals surface area contributed by atoms with E-state index in [9.17, 15) is 9.59 Å². The predicted octanol–water partition coefficient (Wildman–Crippen LogP) is 3.22. The highest BCUT2D eigenvalue weighted by molar-refractivity contribution is 7.99. The van der Waals surface area contributed by atoms with E-state index in [0.29, 0.717) is 36.2 Å². The first kappa shape index (κ1) is 18.6. The maximum absolute atomic E-state index is 12.6. The van der Waals surface area contributed by atoms with Crippen molar-refractivity contribution in [3.05, 3.63) is 63.9 Å². The van der Waals surface area contributed by atoms with Crippen molar-refractivity contribution in [1.82, 2.24) is 14.9 Å². The van der Waals surface area contributed by atoms with Gasteiger partial charge in [0.25, 0.3) is 11.5 Å². The number of hydrogen-bond acceptors (Lipinski definition) is 5. The number of aromatic nitrogens is 2. The third kappa shape index (κ3) is 3.75. The van der Waals surface area contributed by atoms with Crippen LogP contribution in [0.1, 0.15) is 29.3 Å². The van der Waals surface area contributed by atoms with Gasteiger partial charge in [0, 0.05) is 24.4 Å². The van der Waals surface area contributed by atoms with Gasteiger partial charge in [0.1, 0.15) is 5.75 Å². The fourth-order valence-electron chi connectivity index (χ4n) is 3.19. The van der Waals surface area contributed by atoms with Gasteiger partial charge < -0.3 is 10.1 Å². The average Bonchev–Trinajstić information content (AvgIpc) is 2.73. The lowest BCUT2D eigenvalue weighted by Gasteiger charge is -2.17. The van der Waals surface area contributed by atoms with Crippen LogP contribution in [0.2, 0.25) is 0 Å². The molecule has 1 N–H and O–H groups in total. The number of benzene rings is 2. The number of fused-ring (bicyclic) bond motifs is 2. The molecular formula is C21H21N3O3S. The maximum atomic E-state index is 12.6. The van der Waals surface area contributed by atoms with Crippen molar-refractivity contribution in [2.45, 2.75) is 31.6 Å². The molecule has 1 aromatic heterocycles. The summed E-state index contributed by atoms with van der Waals surface area (Å²) < 4.78 is 7.15. The van der Waals surface area contributed by atoms with E-state index in [-0.39, 0.29) is 11.5 Å². The maximum Gasteiger partial charge on any atom is 0.262 e. The highest BCUT2D eigenvalue weighted by Gasteiger charge is 2.16. The Morgan fingerprint density at radius 1 is 1.25 bits per heavy atom. The molecule has 0 atom stereocenters. The van der Waals surface area contributed by atoms with Crippen molar-refractivity contribution in [2.75, 3.05) is 12.4 Å².